The van der Waals surface area contributed by atoms with Gasteiger partial charge in [0.15, 0.2) is 0 Å². The van der Waals surface area contributed by atoms with Crippen molar-refractivity contribution in [1.29, 1.82) is 0 Å². The van der Waals surface area contributed by atoms with Gasteiger partial charge < -0.3 is 5.32 Å². The highest BCUT2D eigenvalue weighted by atomic mass is 79.9. The highest BCUT2D eigenvalue weighted by molar-refractivity contribution is 9.10. The van der Waals surface area contributed by atoms with E-state index in [9.17, 15) is 0 Å². The van der Waals surface area contributed by atoms with Crippen LogP contribution in [0.1, 0.15) is 25.6 Å². The van der Waals surface area contributed by atoms with E-state index in [1.54, 1.807) is 11.3 Å². The first-order valence-corrected chi connectivity index (χ1v) is 6.56. The van der Waals surface area contributed by atoms with Crippen molar-refractivity contribution in [2.24, 2.45) is 0 Å². The topological polar surface area (TPSA) is 12.0 Å². The Bertz CT molecular complexity index is 284. The zero-order valence-corrected chi connectivity index (χ0v) is 11.8. The molecule has 0 amide bonds. The summed E-state index contributed by atoms with van der Waals surface area (Å²) in [6.45, 7) is 7.51. The maximum absolute atomic E-state index is 5.95. The van der Waals surface area contributed by atoms with Crippen LogP contribution in [0.2, 0.25) is 4.34 Å². The van der Waals surface area contributed by atoms with Crippen LogP contribution < -0.4 is 5.32 Å². The van der Waals surface area contributed by atoms with Crippen molar-refractivity contribution < 1.29 is 0 Å². The van der Waals surface area contributed by atoms with Crippen LogP contribution in [0.4, 0.5) is 0 Å². The fourth-order valence-corrected chi connectivity index (χ4v) is 2.87. The Morgan fingerprint density at radius 3 is 2.57 bits per heavy atom. The lowest BCUT2D eigenvalue weighted by Gasteiger charge is -2.19. The molecule has 0 saturated carbocycles. The number of hydrogen-bond acceptors (Lipinski definition) is 2. The van der Waals surface area contributed by atoms with Gasteiger partial charge in [0.2, 0.25) is 0 Å². The van der Waals surface area contributed by atoms with E-state index in [1.165, 1.54) is 4.88 Å². The van der Waals surface area contributed by atoms with Crippen LogP contribution in [0.25, 0.3) is 0 Å². The first-order valence-electron chi connectivity index (χ1n) is 4.57. The Labute approximate surface area is 103 Å². The summed E-state index contributed by atoms with van der Waals surface area (Å²) in [4.78, 5) is 1.32. The van der Waals surface area contributed by atoms with Crippen LogP contribution in [0.3, 0.4) is 0 Å². The van der Waals surface area contributed by atoms with Crippen LogP contribution in [0, 0.1) is 0 Å². The van der Waals surface area contributed by atoms with Crippen LogP contribution in [0.5, 0.6) is 0 Å². The molecule has 1 aromatic heterocycles. The molecule has 1 N–H and O–H groups in total. The molecule has 0 aromatic carbocycles. The first kappa shape index (κ1) is 12.5. The van der Waals surface area contributed by atoms with E-state index in [0.717, 1.165) is 21.8 Å². The Morgan fingerprint density at radius 1 is 1.50 bits per heavy atom. The van der Waals surface area contributed by atoms with Crippen LogP contribution in [0.15, 0.2) is 10.5 Å². The summed E-state index contributed by atoms with van der Waals surface area (Å²) in [6.07, 6.45) is 1.03. The zero-order chi connectivity index (χ0) is 10.8. The number of hydrogen-bond donors (Lipinski definition) is 1. The predicted octanol–water partition coefficient (Wildman–Crippen LogP) is 4.09. The number of thiophene rings is 1. The molecule has 0 radical (unpaired) electrons. The number of nitrogens with one attached hydrogen (secondary N) is 1. The second-order valence-corrected chi connectivity index (χ2v) is 6.85. The van der Waals surface area contributed by atoms with Crippen molar-refractivity contribution in [2.75, 3.05) is 6.54 Å². The predicted molar refractivity (Wildman–Crippen MR) is 68.5 cm³/mol. The van der Waals surface area contributed by atoms with Crippen LogP contribution in [-0.4, -0.2) is 12.1 Å². The molecule has 1 rings (SSSR count). The maximum atomic E-state index is 5.95. The lowest BCUT2D eigenvalue weighted by Crippen LogP contribution is -2.36. The molecule has 0 fully saturated rings. The number of halogens is 2. The zero-order valence-electron chi connectivity index (χ0n) is 8.66. The largest absolute Gasteiger partial charge is 0.312 e. The van der Waals surface area contributed by atoms with Gasteiger partial charge in [0, 0.05) is 21.4 Å². The highest BCUT2D eigenvalue weighted by Crippen LogP contribution is 2.32. The quantitative estimate of drug-likeness (QED) is 0.885. The van der Waals surface area contributed by atoms with E-state index in [4.69, 9.17) is 11.6 Å². The third-order valence-corrected chi connectivity index (χ3v) is 4.26. The third kappa shape index (κ3) is 4.30. The van der Waals surface area contributed by atoms with Crippen molar-refractivity contribution in [3.05, 3.63) is 19.8 Å². The summed E-state index contributed by atoms with van der Waals surface area (Å²) in [7, 11) is 0. The monoisotopic (exact) mass is 295 g/mol. The molecule has 14 heavy (non-hydrogen) atoms. The summed E-state index contributed by atoms with van der Waals surface area (Å²) in [6, 6.07) is 2.09. The minimum Gasteiger partial charge on any atom is -0.312 e. The van der Waals surface area contributed by atoms with E-state index < -0.39 is 0 Å². The molecular formula is C10H15BrClNS. The molecule has 4 heteroatoms. The standard InChI is InChI=1S/C10H15BrClNS/c1-10(2,3)13-5-4-7-6-8(11)9(12)14-7/h6,13H,4-5H2,1-3H3. The van der Waals surface area contributed by atoms with E-state index in [1.807, 2.05) is 0 Å². The Kier molecular flexibility index (Phi) is 4.44. The van der Waals surface area contributed by atoms with E-state index in [2.05, 4.69) is 48.1 Å². The molecule has 1 aromatic rings. The van der Waals surface area contributed by atoms with E-state index in [-0.39, 0.29) is 5.54 Å². The van der Waals surface area contributed by atoms with Crippen molar-refractivity contribution >= 4 is 38.9 Å². The summed E-state index contributed by atoms with van der Waals surface area (Å²) < 4.78 is 1.85. The van der Waals surface area contributed by atoms with Gasteiger partial charge in [-0.3, -0.25) is 0 Å². The van der Waals surface area contributed by atoms with E-state index >= 15 is 0 Å². The molecule has 0 atom stereocenters. The smallest absolute Gasteiger partial charge is 0.107 e. The lowest BCUT2D eigenvalue weighted by atomic mass is 10.1. The fraction of sp³-hybridized carbons (Fsp3) is 0.600. The second-order valence-electron chi connectivity index (χ2n) is 4.26. The van der Waals surface area contributed by atoms with Gasteiger partial charge in [-0.15, -0.1) is 11.3 Å². The van der Waals surface area contributed by atoms with Gasteiger partial charge in [0.25, 0.3) is 0 Å². The second kappa shape index (κ2) is 4.97. The van der Waals surface area contributed by atoms with Gasteiger partial charge in [0.05, 0.1) is 0 Å². The molecule has 1 nitrogen and oxygen atoms in total. The molecule has 80 valence electrons. The minimum absolute atomic E-state index is 0.193. The minimum atomic E-state index is 0.193. The molecule has 1 heterocycles. The summed E-state index contributed by atoms with van der Waals surface area (Å²) in [5, 5.41) is 3.45. The molecule has 0 aliphatic carbocycles. The third-order valence-electron chi connectivity index (χ3n) is 1.72. The Morgan fingerprint density at radius 2 is 2.14 bits per heavy atom. The van der Waals surface area contributed by atoms with Crippen LogP contribution in [-0.2, 0) is 6.42 Å². The molecule has 0 spiro atoms. The lowest BCUT2D eigenvalue weighted by molar-refractivity contribution is 0.430. The molecule has 0 aliphatic rings. The SMILES string of the molecule is CC(C)(C)NCCc1cc(Br)c(Cl)s1. The van der Waals surface area contributed by atoms with E-state index in [0.29, 0.717) is 0 Å². The fourth-order valence-electron chi connectivity index (χ4n) is 1.08. The van der Waals surface area contributed by atoms with Gasteiger partial charge in [-0.1, -0.05) is 11.6 Å². The van der Waals surface area contributed by atoms with Crippen molar-refractivity contribution in [1.82, 2.24) is 5.32 Å². The van der Waals surface area contributed by atoms with Crippen molar-refractivity contribution in [2.45, 2.75) is 32.7 Å². The number of rotatable bonds is 3. The summed E-state index contributed by atoms with van der Waals surface area (Å²) in [5.74, 6) is 0. The van der Waals surface area contributed by atoms with Crippen LogP contribution >= 0.6 is 38.9 Å². The van der Waals surface area contributed by atoms with Gasteiger partial charge in [0.1, 0.15) is 4.34 Å². The molecule has 0 saturated heterocycles. The normalized spacial score (nSPS) is 12.1. The molecule has 0 unspecified atom stereocenters. The highest BCUT2D eigenvalue weighted by Gasteiger charge is 2.09. The van der Waals surface area contributed by atoms with Gasteiger partial charge in [-0.25, -0.2) is 0 Å². The average molecular weight is 297 g/mol. The molecule has 0 bridgehead atoms. The summed E-state index contributed by atoms with van der Waals surface area (Å²) >= 11 is 11.0. The Hall–Kier alpha value is 0.430. The van der Waals surface area contributed by atoms with Crippen molar-refractivity contribution in [3.8, 4) is 0 Å². The van der Waals surface area contributed by atoms with Gasteiger partial charge >= 0.3 is 0 Å². The molecular weight excluding hydrogens is 282 g/mol. The van der Waals surface area contributed by atoms with Crippen molar-refractivity contribution in [3.63, 3.8) is 0 Å². The summed E-state index contributed by atoms with van der Waals surface area (Å²) in [5.41, 5.74) is 0.193. The maximum Gasteiger partial charge on any atom is 0.107 e. The van der Waals surface area contributed by atoms with Gasteiger partial charge in [-0.2, -0.15) is 0 Å². The van der Waals surface area contributed by atoms with Gasteiger partial charge in [-0.05, 0) is 49.2 Å². The molecule has 0 aliphatic heterocycles. The first-order chi connectivity index (χ1) is 6.38. The Balaban J connectivity index is 2.39. The average Bonchev–Trinajstić information content (AvgIpc) is 2.28.